The number of nitrogens with one attached hydrogen (secondary N) is 1. The predicted octanol–water partition coefficient (Wildman–Crippen LogP) is 1.94. The fourth-order valence-electron chi connectivity index (χ4n) is 2.28. The van der Waals surface area contributed by atoms with Crippen molar-refractivity contribution in [2.45, 2.75) is 31.7 Å². The van der Waals surface area contributed by atoms with Crippen molar-refractivity contribution in [3.63, 3.8) is 0 Å². The first kappa shape index (κ1) is 13.9. The Balaban J connectivity index is 1.82. The summed E-state index contributed by atoms with van der Waals surface area (Å²) < 4.78 is 0. The molecule has 1 saturated heterocycles. The van der Waals surface area contributed by atoms with Gasteiger partial charge in [0.05, 0.1) is 0 Å². The van der Waals surface area contributed by atoms with Crippen LogP contribution in [0.5, 0.6) is 0 Å². The number of thiophene rings is 1. The van der Waals surface area contributed by atoms with Crippen molar-refractivity contribution in [2.24, 2.45) is 0 Å². The van der Waals surface area contributed by atoms with Crippen LogP contribution in [0.4, 0.5) is 4.79 Å². The molecule has 19 heavy (non-hydrogen) atoms. The Morgan fingerprint density at radius 1 is 1.47 bits per heavy atom. The molecule has 2 N–H and O–H groups in total. The fraction of sp³-hybridized carbons (Fsp3) is 0.538. The van der Waals surface area contributed by atoms with E-state index in [1.165, 1.54) is 9.78 Å². The lowest BCUT2D eigenvalue weighted by Gasteiger charge is -2.32. The molecule has 1 fully saturated rings. The zero-order valence-corrected chi connectivity index (χ0v) is 11.5. The first-order valence-corrected chi connectivity index (χ1v) is 7.36. The predicted molar refractivity (Wildman–Crippen MR) is 73.4 cm³/mol. The van der Waals surface area contributed by atoms with Crippen LogP contribution in [0.2, 0.25) is 0 Å². The number of carbonyl (C=O) groups is 2. The van der Waals surface area contributed by atoms with Crippen molar-refractivity contribution in [3.05, 3.63) is 22.4 Å². The lowest BCUT2D eigenvalue weighted by atomic mass is 10.0. The van der Waals surface area contributed by atoms with Gasteiger partial charge in [0.15, 0.2) is 0 Å². The summed E-state index contributed by atoms with van der Waals surface area (Å²) in [5.41, 5.74) is 0. The van der Waals surface area contributed by atoms with Crippen LogP contribution in [0, 0.1) is 0 Å². The highest BCUT2D eigenvalue weighted by molar-refractivity contribution is 7.09. The highest BCUT2D eigenvalue weighted by atomic mass is 32.1. The Labute approximate surface area is 116 Å². The van der Waals surface area contributed by atoms with E-state index in [-0.39, 0.29) is 6.03 Å². The summed E-state index contributed by atoms with van der Waals surface area (Å²) in [4.78, 5) is 25.8. The maximum Gasteiger partial charge on any atom is 0.326 e. The molecule has 1 unspecified atom stereocenters. The van der Waals surface area contributed by atoms with Crippen LogP contribution in [0.1, 0.15) is 24.1 Å². The van der Waals surface area contributed by atoms with Gasteiger partial charge in [-0.05, 0) is 37.1 Å². The zero-order chi connectivity index (χ0) is 13.7. The number of amides is 2. The number of carboxylic acids is 1. The zero-order valence-electron chi connectivity index (χ0n) is 10.7. The Morgan fingerprint density at radius 2 is 2.32 bits per heavy atom. The molecule has 1 atom stereocenters. The van der Waals surface area contributed by atoms with E-state index in [2.05, 4.69) is 5.32 Å². The van der Waals surface area contributed by atoms with Gasteiger partial charge in [-0.1, -0.05) is 6.07 Å². The van der Waals surface area contributed by atoms with Crippen LogP contribution in [0.25, 0.3) is 0 Å². The summed E-state index contributed by atoms with van der Waals surface area (Å²) in [6, 6.07) is 3.07. The van der Waals surface area contributed by atoms with Crippen LogP contribution >= 0.6 is 11.3 Å². The van der Waals surface area contributed by atoms with Crippen molar-refractivity contribution in [3.8, 4) is 0 Å². The van der Waals surface area contributed by atoms with E-state index in [4.69, 9.17) is 5.11 Å². The molecule has 1 aliphatic rings. The van der Waals surface area contributed by atoms with E-state index in [9.17, 15) is 9.59 Å². The van der Waals surface area contributed by atoms with Crippen molar-refractivity contribution in [1.29, 1.82) is 0 Å². The van der Waals surface area contributed by atoms with Crippen LogP contribution in [-0.4, -0.2) is 41.1 Å². The Bertz CT molecular complexity index is 433. The number of urea groups is 1. The smallest absolute Gasteiger partial charge is 0.326 e. The van der Waals surface area contributed by atoms with Gasteiger partial charge in [0, 0.05) is 18.0 Å². The van der Waals surface area contributed by atoms with Crippen molar-refractivity contribution in [2.75, 3.05) is 13.1 Å². The number of hydrogen-bond acceptors (Lipinski definition) is 3. The molecule has 0 spiro atoms. The first-order chi connectivity index (χ1) is 9.18. The maximum atomic E-state index is 12.0. The molecular weight excluding hydrogens is 264 g/mol. The van der Waals surface area contributed by atoms with Gasteiger partial charge in [0.1, 0.15) is 6.04 Å². The molecule has 6 heteroatoms. The summed E-state index contributed by atoms with van der Waals surface area (Å²) in [5.74, 6) is -0.909. The van der Waals surface area contributed by atoms with Crippen LogP contribution in [-0.2, 0) is 11.2 Å². The van der Waals surface area contributed by atoms with E-state index < -0.39 is 12.0 Å². The molecule has 5 nitrogen and oxygen atoms in total. The molecule has 0 bridgehead atoms. The third-order valence-corrected chi connectivity index (χ3v) is 4.21. The molecule has 104 valence electrons. The minimum atomic E-state index is -0.909. The molecule has 0 radical (unpaired) electrons. The molecule has 0 saturated carbocycles. The third-order valence-electron chi connectivity index (χ3n) is 3.28. The number of rotatable bonds is 4. The van der Waals surface area contributed by atoms with E-state index in [0.717, 1.165) is 19.3 Å². The summed E-state index contributed by atoms with van der Waals surface area (Å²) >= 11 is 1.66. The molecular formula is C13H18N2O3S. The van der Waals surface area contributed by atoms with Gasteiger partial charge in [-0.3, -0.25) is 0 Å². The van der Waals surface area contributed by atoms with Gasteiger partial charge >= 0.3 is 12.0 Å². The van der Waals surface area contributed by atoms with E-state index in [1.54, 1.807) is 11.3 Å². The summed E-state index contributed by atoms with van der Waals surface area (Å²) in [5, 5.41) is 13.9. The van der Waals surface area contributed by atoms with Crippen molar-refractivity contribution >= 4 is 23.3 Å². The second-order valence-electron chi connectivity index (χ2n) is 4.60. The molecule has 2 rings (SSSR count). The minimum absolute atomic E-state index is 0.261. The van der Waals surface area contributed by atoms with Crippen LogP contribution in [0.15, 0.2) is 17.5 Å². The normalized spacial score (nSPS) is 19.2. The number of carboxylic acid groups (broad SMARTS) is 1. The Kier molecular flexibility index (Phi) is 4.79. The molecule has 2 amide bonds. The first-order valence-electron chi connectivity index (χ1n) is 6.48. The maximum absolute atomic E-state index is 12.0. The quantitative estimate of drug-likeness (QED) is 0.886. The van der Waals surface area contributed by atoms with Crippen LogP contribution < -0.4 is 5.32 Å². The summed E-state index contributed by atoms with van der Waals surface area (Å²) in [6.07, 6.45) is 3.08. The second-order valence-corrected chi connectivity index (χ2v) is 5.64. The average Bonchev–Trinajstić information content (AvgIpc) is 2.91. The largest absolute Gasteiger partial charge is 0.480 e. The van der Waals surface area contributed by atoms with Gasteiger partial charge in [0.2, 0.25) is 0 Å². The summed E-state index contributed by atoms with van der Waals surface area (Å²) in [6.45, 7) is 1.07. The fourth-order valence-corrected chi connectivity index (χ4v) is 2.99. The van der Waals surface area contributed by atoms with Gasteiger partial charge in [-0.25, -0.2) is 9.59 Å². The molecule has 2 heterocycles. The Hall–Kier alpha value is -1.56. The molecule has 1 aromatic rings. The van der Waals surface area contributed by atoms with Crippen molar-refractivity contribution < 1.29 is 14.7 Å². The van der Waals surface area contributed by atoms with Gasteiger partial charge in [-0.15, -0.1) is 11.3 Å². The van der Waals surface area contributed by atoms with Gasteiger partial charge < -0.3 is 15.3 Å². The second kappa shape index (κ2) is 6.56. The minimum Gasteiger partial charge on any atom is -0.480 e. The number of piperidine rings is 1. The van der Waals surface area contributed by atoms with Crippen LogP contribution in [0.3, 0.4) is 0 Å². The van der Waals surface area contributed by atoms with Gasteiger partial charge in [-0.2, -0.15) is 0 Å². The van der Waals surface area contributed by atoms with E-state index >= 15 is 0 Å². The summed E-state index contributed by atoms with van der Waals surface area (Å²) in [7, 11) is 0. The lowest BCUT2D eigenvalue weighted by molar-refractivity contribution is -0.143. The topological polar surface area (TPSA) is 69.6 Å². The lowest BCUT2D eigenvalue weighted by Crippen LogP contribution is -2.52. The monoisotopic (exact) mass is 282 g/mol. The number of likely N-dealkylation sites (tertiary alicyclic amines) is 1. The Morgan fingerprint density at radius 3 is 3.00 bits per heavy atom. The number of nitrogens with zero attached hydrogens (tertiary/aromatic N) is 1. The third kappa shape index (κ3) is 3.70. The molecule has 1 aromatic heterocycles. The highest BCUT2D eigenvalue weighted by Gasteiger charge is 2.31. The number of carbonyl (C=O) groups excluding carboxylic acids is 1. The van der Waals surface area contributed by atoms with Gasteiger partial charge in [0.25, 0.3) is 0 Å². The number of hydrogen-bond donors (Lipinski definition) is 2. The van der Waals surface area contributed by atoms with E-state index in [1.807, 2.05) is 17.5 Å². The SMILES string of the molecule is O=C(O)C1CCCCN1C(=O)NCCc1cccs1. The average molecular weight is 282 g/mol. The van der Waals surface area contributed by atoms with E-state index in [0.29, 0.717) is 19.5 Å². The number of aliphatic carboxylic acids is 1. The molecule has 0 aromatic carbocycles. The highest BCUT2D eigenvalue weighted by Crippen LogP contribution is 2.17. The molecule has 0 aliphatic carbocycles. The standard InChI is InChI=1S/C13H18N2O3S/c16-12(17)11-5-1-2-8-15(11)13(18)14-7-6-10-4-3-9-19-10/h3-4,9,11H,1-2,5-8H2,(H,14,18)(H,16,17). The van der Waals surface area contributed by atoms with Crippen molar-refractivity contribution in [1.82, 2.24) is 10.2 Å². The molecule has 1 aliphatic heterocycles.